The third-order valence-electron chi connectivity index (χ3n) is 4.16. The van der Waals surface area contributed by atoms with E-state index in [0.29, 0.717) is 6.54 Å². The van der Waals surface area contributed by atoms with Gasteiger partial charge >= 0.3 is 5.97 Å². The number of halogens is 1. The van der Waals surface area contributed by atoms with Gasteiger partial charge in [-0.25, -0.2) is 4.98 Å². The van der Waals surface area contributed by atoms with Crippen LogP contribution in [0.15, 0.2) is 29.2 Å². The highest BCUT2D eigenvalue weighted by Gasteiger charge is 2.30. The maximum atomic E-state index is 12.2. The second kappa shape index (κ2) is 8.29. The maximum Gasteiger partial charge on any atom is 0.311 e. The third kappa shape index (κ3) is 4.20. The molecule has 26 heavy (non-hydrogen) atoms. The summed E-state index contributed by atoms with van der Waals surface area (Å²) in [6.07, 6.45) is 1.64. The first kappa shape index (κ1) is 18.3. The van der Waals surface area contributed by atoms with Gasteiger partial charge in [0.1, 0.15) is 5.15 Å². The number of rotatable bonds is 6. The van der Waals surface area contributed by atoms with Crippen molar-refractivity contribution < 1.29 is 9.53 Å². The maximum absolute atomic E-state index is 12.2. The number of nitrogens with one attached hydrogen (secondary N) is 3. The molecule has 138 valence electrons. The van der Waals surface area contributed by atoms with Gasteiger partial charge in [-0.05, 0) is 19.1 Å². The molecule has 1 aliphatic heterocycles. The topological polar surface area (TPSA) is 109 Å². The van der Waals surface area contributed by atoms with E-state index in [4.69, 9.17) is 16.3 Å². The Balaban J connectivity index is 1.80. The van der Waals surface area contributed by atoms with Gasteiger partial charge in [0.2, 0.25) is 0 Å². The highest BCUT2D eigenvalue weighted by molar-refractivity contribution is 6.30. The lowest BCUT2D eigenvalue weighted by atomic mass is 9.99. The van der Waals surface area contributed by atoms with Crippen LogP contribution in [0.3, 0.4) is 0 Å². The number of aromatic amines is 1. The van der Waals surface area contributed by atoms with E-state index in [2.05, 4.69) is 25.6 Å². The Bertz CT molecular complexity index is 827. The van der Waals surface area contributed by atoms with E-state index in [1.54, 1.807) is 13.1 Å². The molecule has 9 heteroatoms. The molecule has 3 heterocycles. The van der Waals surface area contributed by atoms with Crippen molar-refractivity contribution in [1.29, 1.82) is 0 Å². The Morgan fingerprint density at radius 2 is 2.27 bits per heavy atom. The Morgan fingerprint density at radius 1 is 1.42 bits per heavy atom. The SMILES string of the molecule is CCOC(=O)Cc1nc(N[C@H]2CNC[C@@H]2c2ccccn2)c(=O)[nH]c1Cl. The monoisotopic (exact) mass is 377 g/mol. The number of carbonyl (C=O) groups excluding carboxylic acids is 1. The van der Waals surface area contributed by atoms with Crippen LogP contribution in [0.25, 0.3) is 0 Å². The molecule has 0 aromatic carbocycles. The van der Waals surface area contributed by atoms with E-state index in [0.717, 1.165) is 12.2 Å². The van der Waals surface area contributed by atoms with Crippen LogP contribution in [0.1, 0.15) is 24.2 Å². The van der Waals surface area contributed by atoms with Gasteiger partial charge in [0, 0.05) is 36.9 Å². The summed E-state index contributed by atoms with van der Waals surface area (Å²) in [5.74, 6) is -0.223. The first-order valence-electron chi connectivity index (χ1n) is 8.41. The number of hydrogen-bond donors (Lipinski definition) is 3. The van der Waals surface area contributed by atoms with Crippen LogP contribution < -0.4 is 16.2 Å². The minimum Gasteiger partial charge on any atom is -0.466 e. The van der Waals surface area contributed by atoms with Crippen molar-refractivity contribution in [2.24, 2.45) is 0 Å². The molecule has 3 N–H and O–H groups in total. The number of ether oxygens (including phenoxy) is 1. The molecule has 0 bridgehead atoms. The molecule has 1 aliphatic rings. The van der Waals surface area contributed by atoms with Gasteiger partial charge in [-0.2, -0.15) is 0 Å². The van der Waals surface area contributed by atoms with Gasteiger partial charge in [-0.3, -0.25) is 14.6 Å². The van der Waals surface area contributed by atoms with Crippen LogP contribution in [-0.4, -0.2) is 46.7 Å². The van der Waals surface area contributed by atoms with Gasteiger partial charge in [-0.15, -0.1) is 0 Å². The van der Waals surface area contributed by atoms with Gasteiger partial charge < -0.3 is 20.4 Å². The predicted octanol–water partition coefficient (Wildman–Crippen LogP) is 1.09. The lowest BCUT2D eigenvalue weighted by Crippen LogP contribution is -2.32. The van der Waals surface area contributed by atoms with Gasteiger partial charge in [0.25, 0.3) is 5.56 Å². The molecular formula is C17H20ClN5O3. The zero-order valence-electron chi connectivity index (χ0n) is 14.3. The summed E-state index contributed by atoms with van der Waals surface area (Å²) in [5, 5.41) is 6.50. The second-order valence-electron chi connectivity index (χ2n) is 5.93. The van der Waals surface area contributed by atoms with Crippen molar-refractivity contribution in [2.45, 2.75) is 25.3 Å². The molecule has 1 fully saturated rings. The number of anilines is 1. The van der Waals surface area contributed by atoms with Crippen molar-refractivity contribution in [3.05, 3.63) is 51.3 Å². The van der Waals surface area contributed by atoms with Crippen molar-refractivity contribution in [3.8, 4) is 0 Å². The Hall–Kier alpha value is -2.45. The Kier molecular flexibility index (Phi) is 5.85. The highest BCUT2D eigenvalue weighted by Crippen LogP contribution is 2.23. The van der Waals surface area contributed by atoms with Gasteiger partial charge in [-0.1, -0.05) is 17.7 Å². The summed E-state index contributed by atoms with van der Waals surface area (Å²) < 4.78 is 4.91. The van der Waals surface area contributed by atoms with Crippen molar-refractivity contribution in [1.82, 2.24) is 20.3 Å². The van der Waals surface area contributed by atoms with E-state index in [1.165, 1.54) is 0 Å². The summed E-state index contributed by atoms with van der Waals surface area (Å²) >= 11 is 6.01. The predicted molar refractivity (Wildman–Crippen MR) is 97.5 cm³/mol. The van der Waals surface area contributed by atoms with Crippen molar-refractivity contribution in [3.63, 3.8) is 0 Å². The van der Waals surface area contributed by atoms with Crippen LogP contribution >= 0.6 is 11.6 Å². The van der Waals surface area contributed by atoms with Crippen LogP contribution in [0.4, 0.5) is 5.82 Å². The average Bonchev–Trinajstić information content (AvgIpc) is 3.08. The fraction of sp³-hybridized carbons (Fsp3) is 0.412. The molecule has 1 saturated heterocycles. The zero-order chi connectivity index (χ0) is 18.5. The lowest BCUT2D eigenvalue weighted by molar-refractivity contribution is -0.142. The molecule has 0 saturated carbocycles. The van der Waals surface area contributed by atoms with Crippen molar-refractivity contribution in [2.75, 3.05) is 25.0 Å². The molecule has 0 radical (unpaired) electrons. The number of nitrogens with zero attached hydrogens (tertiary/aromatic N) is 2. The van der Waals surface area contributed by atoms with E-state index >= 15 is 0 Å². The van der Waals surface area contributed by atoms with Gasteiger partial charge in [0.15, 0.2) is 5.82 Å². The number of aromatic nitrogens is 3. The second-order valence-corrected chi connectivity index (χ2v) is 6.31. The van der Waals surface area contributed by atoms with Crippen LogP contribution in [-0.2, 0) is 16.0 Å². The lowest BCUT2D eigenvalue weighted by Gasteiger charge is -2.20. The van der Waals surface area contributed by atoms with E-state index in [9.17, 15) is 9.59 Å². The molecule has 0 unspecified atom stereocenters. The molecule has 2 aromatic rings. The summed E-state index contributed by atoms with van der Waals surface area (Å²) in [6, 6.07) is 5.69. The molecule has 0 spiro atoms. The molecule has 0 aliphatic carbocycles. The quantitative estimate of drug-likeness (QED) is 0.646. The summed E-state index contributed by atoms with van der Waals surface area (Å²) in [6.45, 7) is 3.40. The van der Waals surface area contributed by atoms with Gasteiger partial charge in [0.05, 0.1) is 18.7 Å². The summed E-state index contributed by atoms with van der Waals surface area (Å²) in [7, 11) is 0. The number of pyridine rings is 1. The minimum absolute atomic E-state index is 0.0411. The Morgan fingerprint density at radius 3 is 3.00 bits per heavy atom. The average molecular weight is 378 g/mol. The summed E-state index contributed by atoms with van der Waals surface area (Å²) in [5.41, 5.74) is 0.772. The molecule has 2 aromatic heterocycles. The fourth-order valence-electron chi connectivity index (χ4n) is 2.94. The minimum atomic E-state index is -0.450. The zero-order valence-corrected chi connectivity index (χ0v) is 15.0. The largest absolute Gasteiger partial charge is 0.466 e. The smallest absolute Gasteiger partial charge is 0.311 e. The Labute approximate surface area is 155 Å². The van der Waals surface area contributed by atoms with Crippen LogP contribution in [0.2, 0.25) is 5.15 Å². The fourth-order valence-corrected chi connectivity index (χ4v) is 3.14. The number of carbonyl (C=O) groups is 1. The first-order chi connectivity index (χ1) is 12.6. The first-order valence-corrected chi connectivity index (χ1v) is 8.78. The molecule has 8 nitrogen and oxygen atoms in total. The molecule has 0 amide bonds. The van der Waals surface area contributed by atoms with Crippen LogP contribution in [0.5, 0.6) is 0 Å². The molecule has 2 atom stereocenters. The third-order valence-corrected chi connectivity index (χ3v) is 4.47. The van der Waals surface area contributed by atoms with Crippen molar-refractivity contribution >= 4 is 23.4 Å². The summed E-state index contributed by atoms with van der Waals surface area (Å²) in [4.78, 5) is 35.1. The normalized spacial score (nSPS) is 19.3. The standard InChI is InChI=1S/C17H20ClN5O3/c1-2-26-14(24)7-12-15(18)23-17(25)16(21-12)22-13-9-19-8-10(13)11-5-3-4-6-20-11/h3-6,10,13,19H,2,7-9H2,1H3,(H,21,22)(H,23,25)/t10-,13+/m1/s1. The highest BCUT2D eigenvalue weighted by atomic mass is 35.5. The molecular weight excluding hydrogens is 358 g/mol. The van der Waals surface area contributed by atoms with E-state index in [-0.39, 0.29) is 41.7 Å². The molecule has 3 rings (SSSR count). The van der Waals surface area contributed by atoms with Crippen LogP contribution in [0, 0.1) is 0 Å². The number of H-pyrrole nitrogens is 1. The van der Waals surface area contributed by atoms with E-state index in [1.807, 2.05) is 18.2 Å². The number of esters is 1. The number of hydrogen-bond acceptors (Lipinski definition) is 7. The van der Waals surface area contributed by atoms with E-state index < -0.39 is 11.5 Å².